The Morgan fingerprint density at radius 2 is 1.85 bits per heavy atom. The van der Waals surface area contributed by atoms with Gasteiger partial charge < -0.3 is 5.21 Å². The van der Waals surface area contributed by atoms with Crippen LogP contribution in [0.3, 0.4) is 0 Å². The smallest absolute Gasteiger partial charge is 0.0458 e. The van der Waals surface area contributed by atoms with Gasteiger partial charge >= 0.3 is 0 Å². The molecule has 13 heavy (non-hydrogen) atoms. The third-order valence-corrected chi connectivity index (χ3v) is 1.50. The molecule has 2 N–H and O–H groups in total. The molecule has 1 rings (SSSR count). The average molecular weight is 179 g/mol. The molecule has 0 radical (unpaired) electrons. The first kappa shape index (κ1) is 11.9. The molecule has 0 aromatic heterocycles. The highest BCUT2D eigenvalue weighted by Gasteiger charge is 1.89. The van der Waals surface area contributed by atoms with Crippen molar-refractivity contribution in [2.45, 2.75) is 20.4 Å². The highest BCUT2D eigenvalue weighted by molar-refractivity contribution is 5.47. The summed E-state index contributed by atoms with van der Waals surface area (Å²) in [5, 5.41) is 8.38. The van der Waals surface area contributed by atoms with E-state index >= 15 is 0 Å². The summed E-state index contributed by atoms with van der Waals surface area (Å²) in [6, 6.07) is 7.81. The Bertz CT molecular complexity index is 228. The number of rotatable bonds is 3. The van der Waals surface area contributed by atoms with Crippen molar-refractivity contribution >= 4 is 6.08 Å². The maximum absolute atomic E-state index is 8.38. The van der Waals surface area contributed by atoms with E-state index in [1.54, 1.807) is 6.08 Å². The maximum Gasteiger partial charge on any atom is 0.0458 e. The molecular formula is C11H17NO. The second-order valence-corrected chi connectivity index (χ2v) is 2.28. The molecule has 0 bridgehead atoms. The van der Waals surface area contributed by atoms with Crippen LogP contribution in [0, 0.1) is 0 Å². The van der Waals surface area contributed by atoms with Gasteiger partial charge in [-0.05, 0) is 11.1 Å². The topological polar surface area (TPSA) is 32.3 Å². The van der Waals surface area contributed by atoms with Crippen molar-refractivity contribution in [1.29, 1.82) is 0 Å². The summed E-state index contributed by atoms with van der Waals surface area (Å²) in [5.74, 6) is 0. The fourth-order valence-corrected chi connectivity index (χ4v) is 0.863. The summed E-state index contributed by atoms with van der Waals surface area (Å²) in [6.45, 7) is 8.13. The van der Waals surface area contributed by atoms with Gasteiger partial charge in [0, 0.05) is 6.54 Å². The molecule has 2 heteroatoms. The third-order valence-electron chi connectivity index (χ3n) is 1.50. The Morgan fingerprint density at radius 1 is 1.31 bits per heavy atom. The first-order valence-corrected chi connectivity index (χ1v) is 4.45. The number of nitrogens with one attached hydrogen (secondary N) is 1. The van der Waals surface area contributed by atoms with Crippen molar-refractivity contribution < 1.29 is 5.21 Å². The van der Waals surface area contributed by atoms with E-state index in [1.807, 2.05) is 38.1 Å². The van der Waals surface area contributed by atoms with E-state index in [-0.39, 0.29) is 0 Å². The average Bonchev–Trinajstić information content (AvgIpc) is 2.23. The largest absolute Gasteiger partial charge is 0.316 e. The summed E-state index contributed by atoms with van der Waals surface area (Å²) in [6.07, 6.45) is 1.79. The van der Waals surface area contributed by atoms with Gasteiger partial charge in [-0.1, -0.05) is 50.8 Å². The van der Waals surface area contributed by atoms with Gasteiger partial charge in [-0.3, -0.25) is 0 Å². The molecule has 0 saturated carbocycles. The minimum Gasteiger partial charge on any atom is -0.316 e. The first-order chi connectivity index (χ1) is 6.36. The second kappa shape index (κ2) is 7.53. The van der Waals surface area contributed by atoms with Crippen LogP contribution < -0.4 is 5.48 Å². The molecule has 1 aromatic carbocycles. The zero-order chi connectivity index (χ0) is 10.1. The summed E-state index contributed by atoms with van der Waals surface area (Å²) >= 11 is 0. The Hall–Kier alpha value is -1.12. The van der Waals surface area contributed by atoms with Gasteiger partial charge in [0.15, 0.2) is 0 Å². The van der Waals surface area contributed by atoms with E-state index in [4.69, 9.17) is 5.21 Å². The van der Waals surface area contributed by atoms with E-state index in [0.29, 0.717) is 6.54 Å². The molecule has 0 amide bonds. The molecular weight excluding hydrogens is 162 g/mol. The van der Waals surface area contributed by atoms with Crippen LogP contribution in [0.25, 0.3) is 6.08 Å². The van der Waals surface area contributed by atoms with Crippen LogP contribution in [0.2, 0.25) is 0 Å². The molecule has 0 saturated heterocycles. The summed E-state index contributed by atoms with van der Waals surface area (Å²) in [7, 11) is 0. The zero-order valence-corrected chi connectivity index (χ0v) is 8.25. The molecule has 2 nitrogen and oxygen atoms in total. The highest BCUT2D eigenvalue weighted by Crippen LogP contribution is 2.04. The zero-order valence-electron chi connectivity index (χ0n) is 8.25. The lowest BCUT2D eigenvalue weighted by atomic mass is 10.1. The molecule has 0 fully saturated rings. The van der Waals surface area contributed by atoms with E-state index < -0.39 is 0 Å². The fourth-order valence-electron chi connectivity index (χ4n) is 0.863. The van der Waals surface area contributed by atoms with Gasteiger partial charge in [0.2, 0.25) is 0 Å². The van der Waals surface area contributed by atoms with Crippen molar-refractivity contribution in [3.05, 3.63) is 42.0 Å². The van der Waals surface area contributed by atoms with E-state index in [1.165, 1.54) is 0 Å². The molecule has 0 unspecified atom stereocenters. The number of hydrogen-bond acceptors (Lipinski definition) is 2. The van der Waals surface area contributed by atoms with Gasteiger partial charge in [0.1, 0.15) is 0 Å². The minimum absolute atomic E-state index is 0.484. The predicted molar refractivity (Wildman–Crippen MR) is 56.5 cm³/mol. The van der Waals surface area contributed by atoms with Crippen LogP contribution in [0.1, 0.15) is 25.0 Å². The maximum atomic E-state index is 8.38. The van der Waals surface area contributed by atoms with Crippen LogP contribution >= 0.6 is 0 Å². The Morgan fingerprint density at radius 3 is 2.23 bits per heavy atom. The monoisotopic (exact) mass is 179 g/mol. The van der Waals surface area contributed by atoms with Gasteiger partial charge in [0.25, 0.3) is 0 Å². The van der Waals surface area contributed by atoms with Crippen molar-refractivity contribution in [2.24, 2.45) is 0 Å². The van der Waals surface area contributed by atoms with Gasteiger partial charge in [-0.15, -0.1) is 0 Å². The summed E-state index contributed by atoms with van der Waals surface area (Å²) in [5.41, 5.74) is 4.24. The lowest BCUT2D eigenvalue weighted by Gasteiger charge is -1.98. The van der Waals surface area contributed by atoms with Crippen molar-refractivity contribution in [1.82, 2.24) is 5.48 Å². The normalized spacial score (nSPS) is 8.54. The second-order valence-electron chi connectivity index (χ2n) is 2.28. The number of hydroxylamine groups is 1. The van der Waals surface area contributed by atoms with E-state index in [2.05, 4.69) is 12.1 Å². The molecule has 0 aliphatic rings. The van der Waals surface area contributed by atoms with Crippen LogP contribution in [-0.2, 0) is 6.54 Å². The number of hydrogen-bond donors (Lipinski definition) is 2. The van der Waals surface area contributed by atoms with E-state index in [9.17, 15) is 0 Å². The van der Waals surface area contributed by atoms with Gasteiger partial charge in [-0.2, -0.15) is 0 Å². The molecule has 0 heterocycles. The van der Waals surface area contributed by atoms with Crippen molar-refractivity contribution in [3.8, 4) is 0 Å². The first-order valence-electron chi connectivity index (χ1n) is 4.45. The van der Waals surface area contributed by atoms with Crippen molar-refractivity contribution in [2.75, 3.05) is 0 Å². The molecule has 0 aliphatic heterocycles. The predicted octanol–water partition coefficient (Wildman–Crippen LogP) is 2.83. The van der Waals surface area contributed by atoms with Crippen LogP contribution in [-0.4, -0.2) is 5.21 Å². The quantitative estimate of drug-likeness (QED) is 0.699. The van der Waals surface area contributed by atoms with Gasteiger partial charge in [-0.25, -0.2) is 5.48 Å². The van der Waals surface area contributed by atoms with Crippen LogP contribution in [0.15, 0.2) is 30.8 Å². The molecule has 0 spiro atoms. The standard InChI is InChI=1S/C9H11NO.C2H6/c1-2-8-3-5-9(6-4-8)7-10-11;1-2/h2-6,10-11H,1,7H2;1-2H3. The fraction of sp³-hybridized carbons (Fsp3) is 0.273. The molecule has 0 atom stereocenters. The highest BCUT2D eigenvalue weighted by atomic mass is 16.5. The number of benzene rings is 1. The van der Waals surface area contributed by atoms with Crippen LogP contribution in [0.4, 0.5) is 0 Å². The Labute approximate surface area is 79.9 Å². The molecule has 0 aliphatic carbocycles. The Balaban J connectivity index is 0.000000671. The van der Waals surface area contributed by atoms with Crippen LogP contribution in [0.5, 0.6) is 0 Å². The third kappa shape index (κ3) is 4.45. The lowest BCUT2D eigenvalue weighted by Crippen LogP contribution is -2.05. The SMILES string of the molecule is C=Cc1ccc(CNO)cc1.CC. The van der Waals surface area contributed by atoms with Crippen molar-refractivity contribution in [3.63, 3.8) is 0 Å². The molecule has 72 valence electrons. The summed E-state index contributed by atoms with van der Waals surface area (Å²) in [4.78, 5) is 0. The van der Waals surface area contributed by atoms with Gasteiger partial charge in [0.05, 0.1) is 0 Å². The Kier molecular flexibility index (Phi) is 6.88. The minimum atomic E-state index is 0.484. The van der Waals surface area contributed by atoms with E-state index in [0.717, 1.165) is 11.1 Å². The summed E-state index contributed by atoms with van der Waals surface area (Å²) < 4.78 is 0. The molecule has 1 aromatic rings. The lowest BCUT2D eigenvalue weighted by molar-refractivity contribution is 0.161.